The van der Waals surface area contributed by atoms with Crippen molar-refractivity contribution in [2.75, 3.05) is 52.1 Å². The highest BCUT2D eigenvalue weighted by Crippen LogP contribution is 2.29. The van der Waals surface area contributed by atoms with E-state index >= 15 is 0 Å². The van der Waals surface area contributed by atoms with Crippen LogP contribution in [0, 0.1) is 5.92 Å². The lowest BCUT2D eigenvalue weighted by molar-refractivity contribution is 0.322. The molecule has 0 aromatic carbocycles. The number of hydrogen-bond donors (Lipinski definition) is 1. The van der Waals surface area contributed by atoms with Crippen LogP contribution in [0.3, 0.4) is 0 Å². The zero-order chi connectivity index (χ0) is 15.3. The van der Waals surface area contributed by atoms with Gasteiger partial charge < -0.3 is 15.1 Å². The second kappa shape index (κ2) is 9.57. The van der Waals surface area contributed by atoms with E-state index in [1.807, 2.05) is 7.05 Å². The lowest BCUT2D eigenvalue weighted by Crippen LogP contribution is -2.51. The first-order valence-electron chi connectivity index (χ1n) is 8.36. The van der Waals surface area contributed by atoms with Crippen molar-refractivity contribution < 1.29 is 0 Å². The quantitative estimate of drug-likeness (QED) is 0.414. The molecule has 1 N–H and O–H groups in total. The summed E-state index contributed by atoms with van der Waals surface area (Å²) in [5.41, 5.74) is 0. The molecule has 2 aliphatic heterocycles. The lowest BCUT2D eigenvalue weighted by Gasteiger charge is -2.39. The maximum absolute atomic E-state index is 4.50. The number of rotatable bonds is 4. The van der Waals surface area contributed by atoms with Crippen LogP contribution in [-0.2, 0) is 0 Å². The Kier molecular flexibility index (Phi) is 8.85. The van der Waals surface area contributed by atoms with Gasteiger partial charge in [0.05, 0.1) is 0 Å². The van der Waals surface area contributed by atoms with E-state index in [-0.39, 0.29) is 24.0 Å². The molecule has 4 nitrogen and oxygen atoms in total. The van der Waals surface area contributed by atoms with Crippen LogP contribution in [0.25, 0.3) is 0 Å². The molecule has 0 amide bonds. The molecule has 6 heteroatoms. The van der Waals surface area contributed by atoms with Crippen molar-refractivity contribution in [2.45, 2.75) is 38.4 Å². The summed E-state index contributed by atoms with van der Waals surface area (Å²) in [6.45, 7) is 14.0. The van der Waals surface area contributed by atoms with Crippen LogP contribution < -0.4 is 5.32 Å². The van der Waals surface area contributed by atoms with E-state index in [1.54, 1.807) is 0 Å². The molecule has 130 valence electrons. The van der Waals surface area contributed by atoms with Crippen LogP contribution in [0.15, 0.2) is 4.99 Å². The molecule has 2 heterocycles. The van der Waals surface area contributed by atoms with Crippen LogP contribution in [0.5, 0.6) is 0 Å². The number of guanidine groups is 1. The largest absolute Gasteiger partial charge is 0.356 e. The minimum Gasteiger partial charge on any atom is -0.356 e. The highest BCUT2D eigenvalue weighted by atomic mass is 127. The molecule has 2 fully saturated rings. The van der Waals surface area contributed by atoms with Gasteiger partial charge in [-0.2, -0.15) is 11.8 Å². The minimum absolute atomic E-state index is 0. The Balaban J connectivity index is 0.00000242. The van der Waals surface area contributed by atoms with Crippen molar-refractivity contribution in [1.82, 2.24) is 15.1 Å². The number of thioether (sulfide) groups is 1. The second-order valence-corrected chi connectivity index (χ2v) is 8.72. The molecule has 2 aliphatic rings. The standard InChI is InChI=1S/C16H32N4S.HI/c1-5-7-19-8-6-14(12-19)11-18-15(17-4)20-9-10-21-16(2,3)13-20;/h14H,5-13H2,1-4H3,(H,17,18);1H. The van der Waals surface area contributed by atoms with E-state index in [9.17, 15) is 0 Å². The number of nitrogens with zero attached hydrogens (tertiary/aromatic N) is 3. The monoisotopic (exact) mass is 440 g/mol. The van der Waals surface area contributed by atoms with E-state index in [1.165, 1.54) is 38.2 Å². The number of aliphatic imine (C=N–C) groups is 1. The van der Waals surface area contributed by atoms with Gasteiger partial charge in [0.25, 0.3) is 0 Å². The fraction of sp³-hybridized carbons (Fsp3) is 0.938. The first-order valence-corrected chi connectivity index (χ1v) is 9.34. The summed E-state index contributed by atoms with van der Waals surface area (Å²) in [5, 5.41) is 3.62. The molecule has 0 bridgehead atoms. The van der Waals surface area contributed by atoms with Gasteiger partial charge >= 0.3 is 0 Å². The highest BCUT2D eigenvalue weighted by molar-refractivity contribution is 14.0. The van der Waals surface area contributed by atoms with Crippen LogP contribution in [0.2, 0.25) is 0 Å². The maximum Gasteiger partial charge on any atom is 0.193 e. The molecule has 0 spiro atoms. The predicted octanol–water partition coefficient (Wildman–Crippen LogP) is 2.74. The summed E-state index contributed by atoms with van der Waals surface area (Å²) in [4.78, 5) is 9.52. The Morgan fingerprint density at radius 1 is 1.36 bits per heavy atom. The first kappa shape index (κ1) is 20.4. The SMILES string of the molecule is CCCN1CCC(CNC(=NC)N2CCSC(C)(C)C2)C1.I. The van der Waals surface area contributed by atoms with Crippen molar-refractivity contribution in [2.24, 2.45) is 10.9 Å². The van der Waals surface area contributed by atoms with Crippen molar-refractivity contribution in [3.05, 3.63) is 0 Å². The van der Waals surface area contributed by atoms with Crippen LogP contribution >= 0.6 is 35.7 Å². The zero-order valence-corrected chi connectivity index (χ0v) is 17.7. The Morgan fingerprint density at radius 3 is 2.77 bits per heavy atom. The van der Waals surface area contributed by atoms with E-state index in [2.05, 4.69) is 52.6 Å². The van der Waals surface area contributed by atoms with Crippen molar-refractivity contribution in [3.8, 4) is 0 Å². The van der Waals surface area contributed by atoms with Crippen LogP contribution in [-0.4, -0.2) is 72.6 Å². The first-order chi connectivity index (χ1) is 10.0. The molecule has 0 aromatic heterocycles. The molecular formula is C16H33IN4S. The number of halogens is 1. The van der Waals surface area contributed by atoms with Gasteiger partial charge in [-0.1, -0.05) is 6.92 Å². The van der Waals surface area contributed by atoms with Gasteiger partial charge in [0.15, 0.2) is 5.96 Å². The lowest BCUT2D eigenvalue weighted by atomic mass is 10.1. The number of hydrogen-bond acceptors (Lipinski definition) is 3. The molecular weight excluding hydrogens is 407 g/mol. The second-order valence-electron chi connectivity index (χ2n) is 6.91. The Hall–Kier alpha value is 0.310. The smallest absolute Gasteiger partial charge is 0.193 e. The number of nitrogens with one attached hydrogen (secondary N) is 1. The van der Waals surface area contributed by atoms with Crippen LogP contribution in [0.1, 0.15) is 33.6 Å². The normalized spacial score (nSPS) is 25.9. The van der Waals surface area contributed by atoms with E-state index in [4.69, 9.17) is 0 Å². The van der Waals surface area contributed by atoms with Crippen LogP contribution in [0.4, 0.5) is 0 Å². The summed E-state index contributed by atoms with van der Waals surface area (Å²) in [7, 11) is 1.91. The molecule has 0 saturated carbocycles. The maximum atomic E-state index is 4.50. The summed E-state index contributed by atoms with van der Waals surface area (Å²) in [6, 6.07) is 0. The highest BCUT2D eigenvalue weighted by Gasteiger charge is 2.29. The molecule has 1 unspecified atom stereocenters. The summed E-state index contributed by atoms with van der Waals surface area (Å²) in [6.07, 6.45) is 2.59. The molecule has 0 radical (unpaired) electrons. The average Bonchev–Trinajstić information content (AvgIpc) is 2.87. The van der Waals surface area contributed by atoms with Gasteiger partial charge in [-0.15, -0.1) is 24.0 Å². The molecule has 22 heavy (non-hydrogen) atoms. The van der Waals surface area contributed by atoms with Crippen molar-refractivity contribution in [1.29, 1.82) is 0 Å². The third-order valence-corrected chi connectivity index (χ3v) is 5.69. The van der Waals surface area contributed by atoms with E-state index in [0.29, 0.717) is 4.75 Å². The van der Waals surface area contributed by atoms with Gasteiger partial charge in [-0.05, 0) is 45.7 Å². The molecule has 2 rings (SSSR count). The van der Waals surface area contributed by atoms with Crippen molar-refractivity contribution in [3.63, 3.8) is 0 Å². The van der Waals surface area contributed by atoms with E-state index in [0.717, 1.165) is 31.5 Å². The Labute approximate surface area is 157 Å². The Bertz CT molecular complexity index is 362. The summed E-state index contributed by atoms with van der Waals surface area (Å²) >= 11 is 2.07. The zero-order valence-electron chi connectivity index (χ0n) is 14.6. The molecule has 0 aromatic rings. The molecule has 0 aliphatic carbocycles. The molecule has 2 saturated heterocycles. The summed E-state index contributed by atoms with van der Waals surface area (Å²) < 4.78 is 0.334. The predicted molar refractivity (Wildman–Crippen MR) is 110 cm³/mol. The van der Waals surface area contributed by atoms with Gasteiger partial charge in [0, 0.05) is 43.7 Å². The minimum atomic E-state index is 0. The van der Waals surface area contributed by atoms with Gasteiger partial charge in [0.1, 0.15) is 0 Å². The average molecular weight is 440 g/mol. The summed E-state index contributed by atoms with van der Waals surface area (Å²) in [5.74, 6) is 3.07. The third kappa shape index (κ3) is 6.07. The third-order valence-electron chi connectivity index (χ3n) is 4.40. The van der Waals surface area contributed by atoms with Gasteiger partial charge in [0.2, 0.25) is 0 Å². The topological polar surface area (TPSA) is 30.9 Å². The number of likely N-dealkylation sites (tertiary alicyclic amines) is 1. The fourth-order valence-corrected chi connectivity index (χ4v) is 4.48. The fourth-order valence-electron chi connectivity index (χ4n) is 3.36. The Morgan fingerprint density at radius 2 is 2.14 bits per heavy atom. The van der Waals surface area contributed by atoms with Gasteiger partial charge in [-0.25, -0.2) is 0 Å². The van der Waals surface area contributed by atoms with Gasteiger partial charge in [-0.3, -0.25) is 4.99 Å². The van der Waals surface area contributed by atoms with E-state index < -0.39 is 0 Å². The van der Waals surface area contributed by atoms with Crippen molar-refractivity contribution >= 4 is 41.7 Å². The molecule has 1 atom stereocenters.